The van der Waals surface area contributed by atoms with E-state index in [1.54, 1.807) is 0 Å². The van der Waals surface area contributed by atoms with Crippen molar-refractivity contribution < 1.29 is 19.6 Å². The number of rotatable bonds is 6. The number of nitrogens with zero attached hydrogens (tertiary/aromatic N) is 1. The van der Waals surface area contributed by atoms with Crippen molar-refractivity contribution in [3.8, 4) is 12.3 Å². The lowest BCUT2D eigenvalue weighted by Gasteiger charge is -2.28. The second-order valence-corrected chi connectivity index (χ2v) is 4.37. The Bertz CT molecular complexity index is 284. The number of hydroxylamine groups is 2. The molecular formula is C11H20N2O4. The van der Waals surface area contributed by atoms with Gasteiger partial charge < -0.3 is 10.1 Å². The molecule has 0 spiro atoms. The Morgan fingerprint density at radius 2 is 2.24 bits per heavy atom. The Morgan fingerprint density at radius 3 is 2.71 bits per heavy atom. The molecule has 6 nitrogen and oxygen atoms in total. The Labute approximate surface area is 102 Å². The highest BCUT2D eigenvalue weighted by Crippen LogP contribution is 2.24. The van der Waals surface area contributed by atoms with Crippen molar-refractivity contribution in [1.29, 1.82) is 0 Å². The molecule has 0 aliphatic carbocycles. The summed E-state index contributed by atoms with van der Waals surface area (Å²) in [7, 11) is 1.26. The maximum atomic E-state index is 11.2. The summed E-state index contributed by atoms with van der Waals surface area (Å²) in [6.45, 7) is 5.86. The maximum absolute atomic E-state index is 11.2. The number of nitrogens with one attached hydrogen (secondary N) is 1. The maximum Gasteiger partial charge on any atom is 0.409 e. The topological polar surface area (TPSA) is 71.0 Å². The fourth-order valence-corrected chi connectivity index (χ4v) is 0.886. The average molecular weight is 244 g/mol. The minimum absolute atomic E-state index is 0.0302. The van der Waals surface area contributed by atoms with Crippen LogP contribution >= 0.6 is 0 Å². The number of hydrogen-bond donors (Lipinski definition) is 2. The quantitative estimate of drug-likeness (QED) is 0.417. The highest BCUT2D eigenvalue weighted by molar-refractivity contribution is 5.67. The molecule has 0 aromatic carbocycles. The monoisotopic (exact) mass is 244 g/mol. The van der Waals surface area contributed by atoms with E-state index in [1.165, 1.54) is 7.05 Å². The number of carbonyl (C=O) groups is 1. The summed E-state index contributed by atoms with van der Waals surface area (Å²) in [5.41, 5.74) is -0.220. The molecule has 1 unspecified atom stereocenters. The summed E-state index contributed by atoms with van der Waals surface area (Å²) in [5.74, 6) is 2.66. The molecule has 0 aromatic heterocycles. The highest BCUT2D eigenvalue weighted by Gasteiger charge is 2.25. The van der Waals surface area contributed by atoms with Crippen LogP contribution in [-0.4, -0.2) is 36.9 Å². The molecule has 17 heavy (non-hydrogen) atoms. The third-order valence-corrected chi connectivity index (χ3v) is 2.54. The smallest absolute Gasteiger partial charge is 0.409 e. The second kappa shape index (κ2) is 7.12. The van der Waals surface area contributed by atoms with E-state index in [0.29, 0.717) is 11.8 Å². The van der Waals surface area contributed by atoms with E-state index < -0.39 is 6.09 Å². The molecule has 98 valence electrons. The first-order chi connectivity index (χ1) is 7.79. The molecule has 0 heterocycles. The minimum atomic E-state index is -0.621. The van der Waals surface area contributed by atoms with E-state index in [9.17, 15) is 4.79 Å². The van der Waals surface area contributed by atoms with Crippen LogP contribution in [0.4, 0.5) is 4.79 Å². The lowest BCUT2D eigenvalue weighted by atomic mass is 9.80. The molecule has 0 fully saturated rings. The number of amides is 1. The predicted molar refractivity (Wildman–Crippen MR) is 61.8 cm³/mol. The van der Waals surface area contributed by atoms with Gasteiger partial charge in [0.2, 0.25) is 6.79 Å². The summed E-state index contributed by atoms with van der Waals surface area (Å²) < 4.78 is 4.64. The van der Waals surface area contributed by atoms with Crippen molar-refractivity contribution in [1.82, 2.24) is 10.5 Å². The lowest BCUT2D eigenvalue weighted by molar-refractivity contribution is -0.346. The van der Waals surface area contributed by atoms with Crippen molar-refractivity contribution in [3.63, 3.8) is 0 Å². The van der Waals surface area contributed by atoms with E-state index in [4.69, 9.17) is 11.6 Å². The van der Waals surface area contributed by atoms with E-state index in [1.807, 2.05) is 20.8 Å². The van der Waals surface area contributed by atoms with E-state index >= 15 is 0 Å². The average Bonchev–Trinajstić information content (AvgIpc) is 2.24. The Morgan fingerprint density at radius 1 is 1.65 bits per heavy atom. The van der Waals surface area contributed by atoms with E-state index in [2.05, 4.69) is 20.8 Å². The molecule has 0 aliphatic heterocycles. The van der Waals surface area contributed by atoms with Gasteiger partial charge in [-0.05, 0) is 5.41 Å². The van der Waals surface area contributed by atoms with Crippen LogP contribution in [0.15, 0.2) is 0 Å². The third kappa shape index (κ3) is 6.79. The molecule has 0 saturated heterocycles. The molecular weight excluding hydrogens is 224 g/mol. The molecule has 2 N–H and O–H groups in total. The van der Waals surface area contributed by atoms with Crippen LogP contribution in [0.1, 0.15) is 20.8 Å². The summed E-state index contributed by atoms with van der Waals surface area (Å²) in [5, 5.41) is 11.6. The molecule has 0 saturated carbocycles. The highest BCUT2D eigenvalue weighted by atomic mass is 16.9. The summed E-state index contributed by atoms with van der Waals surface area (Å²) in [6.07, 6.45) is 4.71. The van der Waals surface area contributed by atoms with Gasteiger partial charge in [-0.2, -0.15) is 0 Å². The van der Waals surface area contributed by atoms with Gasteiger partial charge in [-0.3, -0.25) is 5.21 Å². The second-order valence-electron chi connectivity index (χ2n) is 4.37. The normalized spacial score (nSPS) is 13.0. The molecule has 0 radical (unpaired) electrons. The predicted octanol–water partition coefficient (Wildman–Crippen LogP) is 1.22. The zero-order valence-corrected chi connectivity index (χ0v) is 10.7. The van der Waals surface area contributed by atoms with Crippen LogP contribution in [0, 0.1) is 23.7 Å². The van der Waals surface area contributed by atoms with Gasteiger partial charge in [0.15, 0.2) is 0 Å². The number of alkyl carbamates (subject to hydrolysis) is 1. The van der Waals surface area contributed by atoms with Crippen molar-refractivity contribution >= 4 is 6.09 Å². The van der Waals surface area contributed by atoms with Crippen LogP contribution in [0.2, 0.25) is 0 Å². The van der Waals surface area contributed by atoms with Gasteiger partial charge in [0.1, 0.15) is 0 Å². The first kappa shape index (κ1) is 15.7. The number of carbonyl (C=O) groups excluding carboxylic acids is 1. The number of terminal acetylenes is 1. The number of hydrogen-bond acceptors (Lipinski definition) is 5. The Hall–Kier alpha value is -1.29. The van der Waals surface area contributed by atoms with Crippen LogP contribution < -0.4 is 5.32 Å². The SMILES string of the molecule is C#CC(C)C(C)(C)CNC(=O)OCON(C)O. The zero-order chi connectivity index (χ0) is 13.5. The molecule has 0 bridgehead atoms. The molecule has 0 aromatic rings. The van der Waals surface area contributed by atoms with Crippen molar-refractivity contribution in [2.75, 3.05) is 20.4 Å². The Balaban J connectivity index is 3.88. The lowest BCUT2D eigenvalue weighted by Crippen LogP contribution is -2.38. The molecule has 1 amide bonds. The van der Waals surface area contributed by atoms with Crippen molar-refractivity contribution in [3.05, 3.63) is 0 Å². The summed E-state index contributed by atoms with van der Waals surface area (Å²) >= 11 is 0. The third-order valence-electron chi connectivity index (χ3n) is 2.54. The van der Waals surface area contributed by atoms with Crippen molar-refractivity contribution in [2.45, 2.75) is 20.8 Å². The van der Waals surface area contributed by atoms with Gasteiger partial charge in [-0.15, -0.1) is 12.3 Å². The summed E-state index contributed by atoms with van der Waals surface area (Å²) in [4.78, 5) is 15.7. The van der Waals surface area contributed by atoms with Gasteiger partial charge >= 0.3 is 6.09 Å². The van der Waals surface area contributed by atoms with Gasteiger partial charge in [0.25, 0.3) is 0 Å². The summed E-state index contributed by atoms with van der Waals surface area (Å²) in [6, 6.07) is 0. The van der Waals surface area contributed by atoms with Gasteiger partial charge in [-0.1, -0.05) is 26.0 Å². The van der Waals surface area contributed by atoms with Crippen LogP contribution in [0.3, 0.4) is 0 Å². The van der Waals surface area contributed by atoms with Crippen LogP contribution in [0.25, 0.3) is 0 Å². The van der Waals surface area contributed by atoms with Gasteiger partial charge in [0.05, 0.1) is 0 Å². The van der Waals surface area contributed by atoms with Crippen LogP contribution in [-0.2, 0) is 9.57 Å². The Kier molecular flexibility index (Phi) is 6.58. The number of ether oxygens (including phenoxy) is 1. The van der Waals surface area contributed by atoms with Crippen LogP contribution in [0.5, 0.6) is 0 Å². The molecule has 0 aliphatic rings. The van der Waals surface area contributed by atoms with Gasteiger partial charge in [-0.25, -0.2) is 9.63 Å². The molecule has 6 heteroatoms. The fraction of sp³-hybridized carbons (Fsp3) is 0.727. The van der Waals surface area contributed by atoms with Crippen molar-refractivity contribution in [2.24, 2.45) is 11.3 Å². The van der Waals surface area contributed by atoms with Gasteiger partial charge in [0, 0.05) is 19.5 Å². The first-order valence-corrected chi connectivity index (χ1v) is 5.22. The van der Waals surface area contributed by atoms with E-state index in [-0.39, 0.29) is 18.1 Å². The standard InChI is InChI=1S/C11H20N2O4/c1-6-9(2)11(3,4)7-12-10(14)16-8-17-13(5)15/h1,9,15H,7-8H2,2-5H3,(H,12,14). The molecule has 1 atom stereocenters. The zero-order valence-electron chi connectivity index (χ0n) is 10.7. The minimum Gasteiger partial charge on any atom is -0.421 e. The van der Waals surface area contributed by atoms with E-state index in [0.717, 1.165) is 0 Å². The first-order valence-electron chi connectivity index (χ1n) is 5.22. The largest absolute Gasteiger partial charge is 0.421 e. The fourth-order valence-electron chi connectivity index (χ4n) is 0.886. The molecule has 0 rings (SSSR count).